The molecule has 1 aromatic rings. The molecule has 0 radical (unpaired) electrons. The zero-order valence-electron chi connectivity index (χ0n) is 9.79. The van der Waals surface area contributed by atoms with Crippen molar-refractivity contribution in [2.75, 3.05) is 13.1 Å². The lowest BCUT2D eigenvalue weighted by atomic mass is 10.1. The minimum absolute atomic E-state index is 0.0285. The Hall–Kier alpha value is -1.06. The Morgan fingerprint density at radius 3 is 2.67 bits per heavy atom. The molecule has 1 aliphatic rings. The van der Waals surface area contributed by atoms with Gasteiger partial charge in [-0.3, -0.25) is 9.59 Å². The first kappa shape index (κ1) is 13.4. The summed E-state index contributed by atoms with van der Waals surface area (Å²) in [6.07, 6.45) is 1.17. The molecule has 0 spiro atoms. The highest BCUT2D eigenvalue weighted by Crippen LogP contribution is 2.22. The molecular weight excluding hydrogens is 273 g/mol. The van der Waals surface area contributed by atoms with Crippen LogP contribution in [0.25, 0.3) is 0 Å². The summed E-state index contributed by atoms with van der Waals surface area (Å²) in [5, 5.41) is 1.21. The lowest BCUT2D eigenvalue weighted by Gasteiger charge is -2.26. The van der Waals surface area contributed by atoms with E-state index in [-0.39, 0.29) is 18.1 Å². The summed E-state index contributed by atoms with van der Waals surface area (Å²) in [7, 11) is 0. The zero-order chi connectivity index (χ0) is 13.1. The van der Waals surface area contributed by atoms with Crippen molar-refractivity contribution in [2.24, 2.45) is 0 Å². The first-order chi connectivity index (χ1) is 8.56. The maximum Gasteiger partial charge on any atom is 0.230 e. The maximum atomic E-state index is 11.6. The highest BCUT2D eigenvalue weighted by molar-refractivity contribution is 6.35. The molecule has 1 saturated heterocycles. The molecule has 2 rings (SSSR count). The monoisotopic (exact) mass is 285 g/mol. The molecule has 3 nitrogen and oxygen atoms in total. The second-order valence-electron chi connectivity index (χ2n) is 4.33. The third kappa shape index (κ3) is 3.24. The molecule has 5 heteroatoms. The summed E-state index contributed by atoms with van der Waals surface area (Å²) in [4.78, 5) is 24.4. The summed E-state index contributed by atoms with van der Waals surface area (Å²) in [5.41, 5.74) is 0.964. The minimum Gasteiger partial charge on any atom is -0.342 e. The lowest BCUT2D eigenvalue weighted by molar-refractivity contribution is -0.139. The Morgan fingerprint density at radius 1 is 1.22 bits per heavy atom. The molecule has 0 aromatic heterocycles. The number of Topliss-reactive ketones (excluding diaryl/α,β-unsaturated/α-hetero) is 1. The SMILES string of the molecule is O=C1CCN(CCc2ccc(Cl)cc2Cl)C(=O)C1. The van der Waals surface area contributed by atoms with E-state index in [9.17, 15) is 9.59 Å². The van der Waals surface area contributed by atoms with Crippen molar-refractivity contribution in [1.29, 1.82) is 0 Å². The van der Waals surface area contributed by atoms with Gasteiger partial charge >= 0.3 is 0 Å². The van der Waals surface area contributed by atoms with E-state index in [1.165, 1.54) is 0 Å². The van der Waals surface area contributed by atoms with Crippen LogP contribution in [0, 0.1) is 0 Å². The predicted molar refractivity (Wildman–Crippen MR) is 71.0 cm³/mol. The molecule has 96 valence electrons. The van der Waals surface area contributed by atoms with Crippen molar-refractivity contribution in [2.45, 2.75) is 19.3 Å². The minimum atomic E-state index is -0.0867. The average molecular weight is 286 g/mol. The number of rotatable bonds is 3. The fourth-order valence-electron chi connectivity index (χ4n) is 1.97. The second kappa shape index (κ2) is 5.72. The molecule has 0 N–H and O–H groups in total. The van der Waals surface area contributed by atoms with Crippen LogP contribution in [0.4, 0.5) is 0 Å². The van der Waals surface area contributed by atoms with Gasteiger partial charge in [-0.15, -0.1) is 0 Å². The topological polar surface area (TPSA) is 37.4 Å². The molecule has 18 heavy (non-hydrogen) atoms. The molecule has 0 bridgehead atoms. The normalized spacial score (nSPS) is 16.2. The maximum absolute atomic E-state index is 11.6. The van der Waals surface area contributed by atoms with E-state index >= 15 is 0 Å². The summed E-state index contributed by atoms with van der Waals surface area (Å²) in [6, 6.07) is 5.34. The molecule has 0 unspecified atom stereocenters. The number of nitrogens with zero attached hydrogens (tertiary/aromatic N) is 1. The van der Waals surface area contributed by atoms with Crippen LogP contribution in [0.2, 0.25) is 10.0 Å². The van der Waals surface area contributed by atoms with E-state index in [4.69, 9.17) is 23.2 Å². The average Bonchev–Trinajstić information content (AvgIpc) is 2.30. The van der Waals surface area contributed by atoms with Gasteiger partial charge in [0.25, 0.3) is 0 Å². The Kier molecular flexibility index (Phi) is 4.25. The van der Waals surface area contributed by atoms with Gasteiger partial charge in [-0.05, 0) is 24.1 Å². The number of likely N-dealkylation sites (tertiary alicyclic amines) is 1. The van der Waals surface area contributed by atoms with Crippen molar-refractivity contribution in [3.05, 3.63) is 33.8 Å². The van der Waals surface area contributed by atoms with Crippen molar-refractivity contribution in [3.63, 3.8) is 0 Å². The van der Waals surface area contributed by atoms with Gasteiger partial charge in [0.2, 0.25) is 5.91 Å². The third-order valence-corrected chi connectivity index (χ3v) is 3.61. The summed E-state index contributed by atoms with van der Waals surface area (Å²) in [5.74, 6) is -0.0582. The number of hydrogen-bond acceptors (Lipinski definition) is 2. The number of piperidine rings is 1. The number of carbonyl (C=O) groups excluding carboxylic acids is 2. The second-order valence-corrected chi connectivity index (χ2v) is 5.18. The molecule has 0 atom stereocenters. The quantitative estimate of drug-likeness (QED) is 0.801. The molecule has 1 fully saturated rings. The van der Waals surface area contributed by atoms with Gasteiger partial charge in [0.15, 0.2) is 0 Å². The van der Waals surface area contributed by atoms with Crippen molar-refractivity contribution in [3.8, 4) is 0 Å². The van der Waals surface area contributed by atoms with Gasteiger partial charge < -0.3 is 4.90 Å². The molecular formula is C13H13Cl2NO2. The summed E-state index contributed by atoms with van der Waals surface area (Å²) >= 11 is 11.9. The Bertz CT molecular complexity index is 488. The zero-order valence-corrected chi connectivity index (χ0v) is 11.3. The van der Waals surface area contributed by atoms with Gasteiger partial charge in [-0.2, -0.15) is 0 Å². The van der Waals surface area contributed by atoms with E-state index in [0.29, 0.717) is 36.0 Å². The van der Waals surface area contributed by atoms with Gasteiger partial charge in [0.1, 0.15) is 5.78 Å². The highest BCUT2D eigenvalue weighted by atomic mass is 35.5. The lowest BCUT2D eigenvalue weighted by Crippen LogP contribution is -2.40. The Balaban J connectivity index is 1.95. The van der Waals surface area contributed by atoms with E-state index in [1.54, 1.807) is 17.0 Å². The number of hydrogen-bond donors (Lipinski definition) is 0. The number of halogens is 2. The molecule has 0 saturated carbocycles. The standard InChI is InChI=1S/C13H13Cl2NO2/c14-10-2-1-9(12(15)7-10)3-5-16-6-4-11(17)8-13(16)18/h1-2,7H,3-6,8H2. The fourth-order valence-corrected chi connectivity index (χ4v) is 2.47. The van der Waals surface area contributed by atoms with E-state index in [1.807, 2.05) is 6.07 Å². The molecule has 1 heterocycles. The van der Waals surface area contributed by atoms with Crippen LogP contribution < -0.4 is 0 Å². The predicted octanol–water partition coefficient (Wildman–Crippen LogP) is 2.73. The molecule has 1 aromatic carbocycles. The van der Waals surface area contributed by atoms with E-state index in [0.717, 1.165) is 5.56 Å². The van der Waals surface area contributed by atoms with Gasteiger partial charge in [0, 0.05) is 29.6 Å². The van der Waals surface area contributed by atoms with Crippen molar-refractivity contribution >= 4 is 34.9 Å². The summed E-state index contributed by atoms with van der Waals surface area (Å²) < 4.78 is 0. The molecule has 0 aliphatic carbocycles. The van der Waals surface area contributed by atoms with Crippen LogP contribution in [0.3, 0.4) is 0 Å². The van der Waals surface area contributed by atoms with Crippen LogP contribution >= 0.6 is 23.2 Å². The third-order valence-electron chi connectivity index (χ3n) is 3.03. The summed E-state index contributed by atoms with van der Waals surface area (Å²) in [6.45, 7) is 1.11. The highest BCUT2D eigenvalue weighted by Gasteiger charge is 2.23. The Labute approximate surface area is 116 Å². The van der Waals surface area contributed by atoms with Crippen molar-refractivity contribution < 1.29 is 9.59 Å². The first-order valence-corrected chi connectivity index (χ1v) is 6.55. The Morgan fingerprint density at radius 2 is 2.00 bits per heavy atom. The van der Waals surface area contributed by atoms with Crippen molar-refractivity contribution in [1.82, 2.24) is 4.90 Å². The molecule has 1 aliphatic heterocycles. The smallest absolute Gasteiger partial charge is 0.230 e. The van der Waals surface area contributed by atoms with E-state index in [2.05, 4.69) is 0 Å². The first-order valence-electron chi connectivity index (χ1n) is 5.79. The van der Waals surface area contributed by atoms with Crippen LogP contribution in [0.5, 0.6) is 0 Å². The van der Waals surface area contributed by atoms with Crippen LogP contribution in [0.1, 0.15) is 18.4 Å². The van der Waals surface area contributed by atoms with E-state index < -0.39 is 0 Å². The number of carbonyl (C=O) groups is 2. The largest absolute Gasteiger partial charge is 0.342 e. The number of benzene rings is 1. The molecule has 1 amide bonds. The number of amides is 1. The van der Waals surface area contributed by atoms with Crippen LogP contribution in [0.15, 0.2) is 18.2 Å². The van der Waals surface area contributed by atoms with Gasteiger partial charge in [-0.25, -0.2) is 0 Å². The van der Waals surface area contributed by atoms with Gasteiger partial charge in [0.05, 0.1) is 6.42 Å². The fraction of sp³-hybridized carbons (Fsp3) is 0.385. The number of ketones is 1. The van der Waals surface area contributed by atoms with Gasteiger partial charge in [-0.1, -0.05) is 29.3 Å². The van der Waals surface area contributed by atoms with Crippen LogP contribution in [-0.4, -0.2) is 29.7 Å². The van der Waals surface area contributed by atoms with Crippen LogP contribution in [-0.2, 0) is 16.0 Å².